The molecule has 142 valence electrons. The molecule has 0 amide bonds. The van der Waals surface area contributed by atoms with Gasteiger partial charge in [-0.3, -0.25) is 5.10 Å². The van der Waals surface area contributed by atoms with E-state index in [2.05, 4.69) is 25.1 Å². The van der Waals surface area contributed by atoms with Crippen molar-refractivity contribution < 1.29 is 8.78 Å². The maximum Gasteiger partial charge on any atom is 0.199 e. The van der Waals surface area contributed by atoms with Crippen molar-refractivity contribution in [2.45, 2.75) is 52.4 Å². The van der Waals surface area contributed by atoms with E-state index >= 15 is 0 Å². The van der Waals surface area contributed by atoms with Gasteiger partial charge in [-0.1, -0.05) is 41.5 Å². The summed E-state index contributed by atoms with van der Waals surface area (Å²) in [7, 11) is 0. The molecule has 1 N–H and O–H groups in total. The topological polar surface area (TPSA) is 67.3 Å². The molecule has 0 atom stereocenters. The molecule has 2 aromatic heterocycles. The monoisotopic (exact) mass is 371 g/mol. The Morgan fingerprint density at radius 2 is 1.52 bits per heavy atom. The normalized spacial score (nSPS) is 12.4. The summed E-state index contributed by atoms with van der Waals surface area (Å²) >= 11 is 0. The summed E-state index contributed by atoms with van der Waals surface area (Å²) in [5, 5.41) is 7.20. The number of nitrogens with one attached hydrogen (secondary N) is 1. The molecule has 3 aromatic rings. The van der Waals surface area contributed by atoms with Crippen LogP contribution in [-0.4, -0.2) is 25.1 Å². The highest BCUT2D eigenvalue weighted by molar-refractivity contribution is 5.61. The van der Waals surface area contributed by atoms with E-state index < -0.39 is 11.6 Å². The average Bonchev–Trinajstić information content (AvgIpc) is 3.04. The Balaban J connectivity index is 2.19. The summed E-state index contributed by atoms with van der Waals surface area (Å²) in [4.78, 5) is 13.5. The zero-order valence-corrected chi connectivity index (χ0v) is 16.4. The van der Waals surface area contributed by atoms with Gasteiger partial charge in [0.05, 0.1) is 11.3 Å². The van der Waals surface area contributed by atoms with Crippen molar-refractivity contribution >= 4 is 0 Å². The van der Waals surface area contributed by atoms with Crippen molar-refractivity contribution in [3.8, 4) is 22.9 Å². The Kier molecular flexibility index (Phi) is 4.57. The van der Waals surface area contributed by atoms with E-state index in [4.69, 9.17) is 0 Å². The first-order valence-corrected chi connectivity index (χ1v) is 8.73. The van der Waals surface area contributed by atoms with Crippen LogP contribution in [0.4, 0.5) is 8.78 Å². The van der Waals surface area contributed by atoms with Crippen molar-refractivity contribution in [3.63, 3.8) is 0 Å². The minimum absolute atomic E-state index is 0.135. The molecule has 0 radical (unpaired) electrons. The van der Waals surface area contributed by atoms with Crippen LogP contribution >= 0.6 is 0 Å². The van der Waals surface area contributed by atoms with Crippen LogP contribution in [0.2, 0.25) is 0 Å². The highest BCUT2D eigenvalue weighted by Gasteiger charge is 2.23. The number of hydrogen-bond donors (Lipinski definition) is 1. The highest BCUT2D eigenvalue weighted by atomic mass is 19.1. The maximum absolute atomic E-state index is 14.3. The molecular formula is C20H23F2N5. The second-order valence-corrected chi connectivity index (χ2v) is 8.59. The van der Waals surface area contributed by atoms with Gasteiger partial charge >= 0.3 is 0 Å². The van der Waals surface area contributed by atoms with Gasteiger partial charge in [0.15, 0.2) is 11.6 Å². The van der Waals surface area contributed by atoms with Crippen LogP contribution in [0.3, 0.4) is 0 Å². The van der Waals surface area contributed by atoms with E-state index in [1.807, 2.05) is 41.5 Å². The van der Waals surface area contributed by atoms with Gasteiger partial charge in [-0.05, 0) is 18.2 Å². The van der Waals surface area contributed by atoms with Crippen molar-refractivity contribution in [1.29, 1.82) is 0 Å². The molecule has 7 heteroatoms. The first kappa shape index (κ1) is 19.1. The van der Waals surface area contributed by atoms with Crippen LogP contribution < -0.4 is 0 Å². The largest absolute Gasteiger partial charge is 0.262 e. The standard InChI is InChI=1S/C20H23F2N5/c1-19(2,3)15-10-14(17-25-18(27-26-17)20(4,5)6)23-16(24-15)12-8-7-11(21)9-13(12)22/h7-10H,1-6H3,(H,25,26,27). The zero-order chi connectivity index (χ0) is 20.0. The number of benzene rings is 1. The first-order valence-electron chi connectivity index (χ1n) is 8.73. The highest BCUT2D eigenvalue weighted by Crippen LogP contribution is 2.29. The van der Waals surface area contributed by atoms with E-state index in [-0.39, 0.29) is 22.2 Å². The molecule has 0 saturated heterocycles. The van der Waals surface area contributed by atoms with Crippen molar-refractivity contribution in [3.05, 3.63) is 47.4 Å². The summed E-state index contributed by atoms with van der Waals surface area (Å²) in [6, 6.07) is 5.16. The fraction of sp³-hybridized carbons (Fsp3) is 0.400. The summed E-state index contributed by atoms with van der Waals surface area (Å²) in [5.74, 6) is -0.0406. The van der Waals surface area contributed by atoms with E-state index in [1.54, 1.807) is 6.07 Å². The predicted octanol–water partition coefficient (Wildman–Crippen LogP) is 4.80. The predicted molar refractivity (Wildman–Crippen MR) is 100 cm³/mol. The SMILES string of the molecule is CC(C)(C)c1cc(-c2n[nH]c(C(C)(C)C)n2)nc(-c2ccc(F)cc2F)n1. The quantitative estimate of drug-likeness (QED) is 0.702. The molecule has 0 unspecified atom stereocenters. The molecule has 5 nitrogen and oxygen atoms in total. The molecule has 0 bridgehead atoms. The lowest BCUT2D eigenvalue weighted by Gasteiger charge is -2.19. The zero-order valence-electron chi connectivity index (χ0n) is 16.4. The Labute approximate surface area is 157 Å². The molecule has 0 spiro atoms. The third-order valence-electron chi connectivity index (χ3n) is 4.09. The van der Waals surface area contributed by atoms with Gasteiger partial charge in [-0.25, -0.2) is 23.7 Å². The minimum Gasteiger partial charge on any atom is -0.262 e. The van der Waals surface area contributed by atoms with E-state index in [9.17, 15) is 8.78 Å². The molecule has 1 aromatic carbocycles. The number of hydrogen-bond acceptors (Lipinski definition) is 4. The molecule has 2 heterocycles. The molecule has 0 aliphatic rings. The van der Waals surface area contributed by atoms with Crippen molar-refractivity contribution in [2.24, 2.45) is 0 Å². The average molecular weight is 371 g/mol. The number of aromatic amines is 1. The van der Waals surface area contributed by atoms with E-state index in [0.29, 0.717) is 17.2 Å². The maximum atomic E-state index is 14.3. The Morgan fingerprint density at radius 1 is 0.815 bits per heavy atom. The lowest BCUT2D eigenvalue weighted by atomic mass is 9.91. The van der Waals surface area contributed by atoms with Gasteiger partial charge in [-0.2, -0.15) is 5.10 Å². The molecule has 3 rings (SSSR count). The van der Waals surface area contributed by atoms with Crippen molar-refractivity contribution in [2.75, 3.05) is 0 Å². The summed E-state index contributed by atoms with van der Waals surface area (Å²) < 4.78 is 27.6. The van der Waals surface area contributed by atoms with Gasteiger partial charge in [0.1, 0.15) is 23.2 Å². The fourth-order valence-electron chi connectivity index (χ4n) is 2.45. The van der Waals surface area contributed by atoms with E-state index in [1.165, 1.54) is 12.1 Å². The van der Waals surface area contributed by atoms with Gasteiger partial charge in [0.25, 0.3) is 0 Å². The Morgan fingerprint density at radius 3 is 2.07 bits per heavy atom. The molecular weight excluding hydrogens is 348 g/mol. The number of H-pyrrole nitrogens is 1. The third-order valence-corrected chi connectivity index (χ3v) is 4.09. The smallest absolute Gasteiger partial charge is 0.199 e. The number of rotatable bonds is 2. The third kappa shape index (κ3) is 4.02. The minimum atomic E-state index is -0.711. The van der Waals surface area contributed by atoms with Crippen LogP contribution in [0, 0.1) is 11.6 Å². The first-order chi connectivity index (χ1) is 12.4. The fourth-order valence-corrected chi connectivity index (χ4v) is 2.45. The summed E-state index contributed by atoms with van der Waals surface area (Å²) in [6.07, 6.45) is 0. The van der Waals surface area contributed by atoms with Gasteiger partial charge in [-0.15, -0.1) is 0 Å². The lowest BCUT2D eigenvalue weighted by Crippen LogP contribution is -2.15. The molecule has 0 fully saturated rings. The Hall–Kier alpha value is -2.70. The van der Waals surface area contributed by atoms with Gasteiger partial charge < -0.3 is 0 Å². The van der Waals surface area contributed by atoms with Gasteiger partial charge in [0.2, 0.25) is 0 Å². The van der Waals surface area contributed by atoms with Crippen LogP contribution in [0.25, 0.3) is 22.9 Å². The molecule has 0 saturated carbocycles. The summed E-state index contributed by atoms with van der Waals surface area (Å²) in [6.45, 7) is 12.1. The van der Waals surface area contributed by atoms with Crippen LogP contribution in [-0.2, 0) is 10.8 Å². The lowest BCUT2D eigenvalue weighted by molar-refractivity contribution is 0.548. The van der Waals surface area contributed by atoms with Crippen molar-refractivity contribution in [1.82, 2.24) is 25.1 Å². The number of halogens is 2. The van der Waals surface area contributed by atoms with E-state index in [0.717, 1.165) is 11.9 Å². The summed E-state index contributed by atoms with van der Waals surface area (Å²) in [5.41, 5.74) is 0.840. The van der Waals surface area contributed by atoms with Crippen LogP contribution in [0.1, 0.15) is 53.1 Å². The number of nitrogens with zero attached hydrogens (tertiary/aromatic N) is 4. The molecule has 0 aliphatic heterocycles. The second kappa shape index (κ2) is 6.48. The molecule has 27 heavy (non-hydrogen) atoms. The van der Waals surface area contributed by atoms with Gasteiger partial charge in [0, 0.05) is 16.9 Å². The van der Waals surface area contributed by atoms with Crippen LogP contribution in [0.5, 0.6) is 0 Å². The van der Waals surface area contributed by atoms with Crippen LogP contribution in [0.15, 0.2) is 24.3 Å². The second-order valence-electron chi connectivity index (χ2n) is 8.59. The Bertz CT molecular complexity index is 981. The number of aromatic nitrogens is 5. The molecule has 0 aliphatic carbocycles.